The lowest BCUT2D eigenvalue weighted by atomic mass is 9.87. The molecule has 1 unspecified atom stereocenters. The first-order valence-electron chi connectivity index (χ1n) is 7.68. The second kappa shape index (κ2) is 6.43. The number of halogens is 1. The standard InChI is InChI=1S/C17H16FN5O3/c1-17(7-14(25)22-16(19)23-17)11-6-9(2-4-12(11)18)21-15(26)13-5-3-10(24)8-20-13/h2-6,8,24H,7H2,1H3,(H,21,26)(H3,19,22,23,25). The third kappa shape index (κ3) is 3.46. The van der Waals surface area contributed by atoms with Gasteiger partial charge in [-0.3, -0.25) is 14.9 Å². The summed E-state index contributed by atoms with van der Waals surface area (Å²) in [6.07, 6.45) is 1.06. The van der Waals surface area contributed by atoms with E-state index in [9.17, 15) is 19.1 Å². The molecule has 0 radical (unpaired) electrons. The average Bonchev–Trinajstić information content (AvgIpc) is 2.55. The molecule has 1 aliphatic heterocycles. The molecular weight excluding hydrogens is 341 g/mol. The highest BCUT2D eigenvalue weighted by atomic mass is 19.1. The van der Waals surface area contributed by atoms with E-state index in [2.05, 4.69) is 20.6 Å². The number of nitrogens with two attached hydrogens (primary N) is 1. The van der Waals surface area contributed by atoms with Crippen LogP contribution in [0.4, 0.5) is 10.1 Å². The minimum Gasteiger partial charge on any atom is -0.506 e. The highest BCUT2D eigenvalue weighted by molar-refractivity contribution is 6.03. The summed E-state index contributed by atoms with van der Waals surface area (Å²) in [5.41, 5.74) is 4.93. The summed E-state index contributed by atoms with van der Waals surface area (Å²) in [5, 5.41) is 14.2. The molecule has 2 heterocycles. The molecule has 2 amide bonds. The number of aliphatic imine (C=N–C) groups is 1. The maximum Gasteiger partial charge on any atom is 0.274 e. The number of guanidine groups is 1. The van der Waals surface area contributed by atoms with E-state index in [1.807, 2.05) is 0 Å². The van der Waals surface area contributed by atoms with Crippen molar-refractivity contribution in [3.63, 3.8) is 0 Å². The van der Waals surface area contributed by atoms with Crippen LogP contribution in [0.25, 0.3) is 0 Å². The van der Waals surface area contributed by atoms with Gasteiger partial charge in [-0.1, -0.05) is 0 Å². The van der Waals surface area contributed by atoms with Crippen LogP contribution in [0.2, 0.25) is 0 Å². The van der Waals surface area contributed by atoms with Crippen LogP contribution < -0.4 is 16.4 Å². The molecule has 1 aliphatic rings. The fourth-order valence-electron chi connectivity index (χ4n) is 2.72. The zero-order valence-corrected chi connectivity index (χ0v) is 13.8. The number of benzene rings is 1. The van der Waals surface area contributed by atoms with Crippen LogP contribution in [0.3, 0.4) is 0 Å². The molecule has 26 heavy (non-hydrogen) atoms. The molecule has 3 rings (SSSR count). The van der Waals surface area contributed by atoms with E-state index in [4.69, 9.17) is 5.73 Å². The van der Waals surface area contributed by atoms with Gasteiger partial charge in [-0.25, -0.2) is 14.4 Å². The monoisotopic (exact) mass is 357 g/mol. The SMILES string of the molecule is CC1(c2cc(NC(=O)c3ccc(O)cn3)ccc2F)CC(=O)NC(N)=N1. The van der Waals surface area contributed by atoms with Crippen LogP contribution in [-0.4, -0.2) is 27.9 Å². The molecule has 0 saturated heterocycles. The molecule has 0 spiro atoms. The first-order valence-corrected chi connectivity index (χ1v) is 7.68. The Morgan fingerprint density at radius 3 is 2.81 bits per heavy atom. The van der Waals surface area contributed by atoms with Crippen LogP contribution in [-0.2, 0) is 10.3 Å². The number of aromatic nitrogens is 1. The fraction of sp³-hybridized carbons (Fsp3) is 0.176. The Bertz CT molecular complexity index is 913. The molecule has 8 nitrogen and oxygen atoms in total. The molecule has 0 saturated carbocycles. The predicted molar refractivity (Wildman–Crippen MR) is 92.0 cm³/mol. The van der Waals surface area contributed by atoms with Gasteiger partial charge < -0.3 is 16.2 Å². The number of aromatic hydroxyl groups is 1. The van der Waals surface area contributed by atoms with Gasteiger partial charge in [-0.05, 0) is 37.3 Å². The molecule has 2 aromatic rings. The Morgan fingerprint density at radius 1 is 1.38 bits per heavy atom. The largest absolute Gasteiger partial charge is 0.506 e. The van der Waals surface area contributed by atoms with Gasteiger partial charge in [0.15, 0.2) is 5.96 Å². The van der Waals surface area contributed by atoms with Crippen molar-refractivity contribution in [2.45, 2.75) is 18.9 Å². The molecule has 1 aromatic carbocycles. The zero-order valence-electron chi connectivity index (χ0n) is 13.8. The lowest BCUT2D eigenvalue weighted by Crippen LogP contribution is -2.46. The lowest BCUT2D eigenvalue weighted by molar-refractivity contribution is -0.121. The molecule has 134 valence electrons. The van der Waals surface area contributed by atoms with Gasteiger partial charge in [-0.15, -0.1) is 0 Å². The van der Waals surface area contributed by atoms with Crippen LogP contribution in [0.1, 0.15) is 29.4 Å². The van der Waals surface area contributed by atoms with Crippen LogP contribution in [0, 0.1) is 5.82 Å². The van der Waals surface area contributed by atoms with E-state index in [-0.39, 0.29) is 35.3 Å². The highest BCUT2D eigenvalue weighted by Gasteiger charge is 2.35. The minimum absolute atomic E-state index is 0.0652. The summed E-state index contributed by atoms with van der Waals surface area (Å²) in [6.45, 7) is 1.59. The van der Waals surface area contributed by atoms with Gasteiger partial charge in [0.05, 0.1) is 18.2 Å². The summed E-state index contributed by atoms with van der Waals surface area (Å²) in [4.78, 5) is 31.9. The number of amides is 2. The molecule has 5 N–H and O–H groups in total. The lowest BCUT2D eigenvalue weighted by Gasteiger charge is -2.30. The van der Waals surface area contributed by atoms with E-state index < -0.39 is 17.3 Å². The zero-order chi connectivity index (χ0) is 18.9. The Hall–Kier alpha value is -3.49. The van der Waals surface area contributed by atoms with Crippen molar-refractivity contribution in [1.29, 1.82) is 0 Å². The van der Waals surface area contributed by atoms with Crippen molar-refractivity contribution in [2.24, 2.45) is 10.7 Å². The number of carbonyl (C=O) groups is 2. The maximum atomic E-state index is 14.4. The van der Waals surface area contributed by atoms with E-state index in [1.165, 1.54) is 30.3 Å². The Balaban J connectivity index is 1.90. The minimum atomic E-state index is -1.19. The van der Waals surface area contributed by atoms with Gasteiger partial charge >= 0.3 is 0 Å². The number of hydrogen-bond donors (Lipinski definition) is 4. The van der Waals surface area contributed by atoms with Crippen LogP contribution in [0.5, 0.6) is 5.75 Å². The normalized spacial score (nSPS) is 19.5. The number of nitrogens with one attached hydrogen (secondary N) is 2. The Kier molecular flexibility index (Phi) is 4.29. The Morgan fingerprint density at radius 2 is 2.15 bits per heavy atom. The van der Waals surface area contributed by atoms with Gasteiger partial charge in [0.25, 0.3) is 5.91 Å². The van der Waals surface area contributed by atoms with Crippen molar-refractivity contribution in [3.05, 3.63) is 53.6 Å². The third-order valence-electron chi connectivity index (χ3n) is 3.92. The topological polar surface area (TPSA) is 130 Å². The third-order valence-corrected chi connectivity index (χ3v) is 3.92. The van der Waals surface area contributed by atoms with Crippen molar-refractivity contribution < 1.29 is 19.1 Å². The maximum absolute atomic E-state index is 14.4. The van der Waals surface area contributed by atoms with Gasteiger partial charge in [-0.2, -0.15) is 0 Å². The van der Waals surface area contributed by atoms with E-state index in [0.29, 0.717) is 5.69 Å². The number of nitrogens with zero attached hydrogens (tertiary/aromatic N) is 2. The van der Waals surface area contributed by atoms with Crippen molar-refractivity contribution in [2.75, 3.05) is 5.32 Å². The number of carbonyl (C=O) groups excluding carboxylic acids is 2. The van der Waals surface area contributed by atoms with Crippen molar-refractivity contribution in [1.82, 2.24) is 10.3 Å². The number of rotatable bonds is 3. The second-order valence-electron chi connectivity index (χ2n) is 6.05. The molecule has 9 heteroatoms. The fourth-order valence-corrected chi connectivity index (χ4v) is 2.72. The van der Waals surface area contributed by atoms with Gasteiger partial charge in [0, 0.05) is 11.3 Å². The van der Waals surface area contributed by atoms with Crippen LogP contribution >= 0.6 is 0 Å². The Labute approximate surface area is 148 Å². The smallest absolute Gasteiger partial charge is 0.274 e. The summed E-state index contributed by atoms with van der Waals surface area (Å²) < 4.78 is 14.4. The van der Waals surface area contributed by atoms with Crippen LogP contribution in [0.15, 0.2) is 41.5 Å². The predicted octanol–water partition coefficient (Wildman–Crippen LogP) is 1.23. The van der Waals surface area contributed by atoms with E-state index in [1.54, 1.807) is 6.92 Å². The van der Waals surface area contributed by atoms with E-state index in [0.717, 1.165) is 6.20 Å². The van der Waals surface area contributed by atoms with Gasteiger partial charge in [0.1, 0.15) is 17.3 Å². The molecule has 0 bridgehead atoms. The average molecular weight is 357 g/mol. The summed E-state index contributed by atoms with van der Waals surface area (Å²) in [7, 11) is 0. The second-order valence-corrected chi connectivity index (χ2v) is 6.05. The molecule has 0 fully saturated rings. The van der Waals surface area contributed by atoms with Gasteiger partial charge in [0.2, 0.25) is 5.91 Å². The van der Waals surface area contributed by atoms with E-state index >= 15 is 0 Å². The summed E-state index contributed by atoms with van der Waals surface area (Å²) in [6, 6.07) is 6.65. The molecule has 0 aliphatic carbocycles. The van der Waals surface area contributed by atoms with Crippen molar-refractivity contribution >= 4 is 23.5 Å². The number of pyridine rings is 1. The molecular formula is C17H16FN5O3. The summed E-state index contributed by atoms with van der Waals surface area (Å²) in [5.74, 6) is -1.63. The molecule has 1 atom stereocenters. The quantitative estimate of drug-likeness (QED) is 0.656. The summed E-state index contributed by atoms with van der Waals surface area (Å²) >= 11 is 0. The number of hydrogen-bond acceptors (Lipinski definition) is 6. The molecule has 1 aromatic heterocycles. The highest BCUT2D eigenvalue weighted by Crippen LogP contribution is 2.34. The number of anilines is 1. The van der Waals surface area contributed by atoms with Crippen molar-refractivity contribution in [3.8, 4) is 5.75 Å². The first kappa shape index (κ1) is 17.3. The first-order chi connectivity index (χ1) is 12.3.